The quantitative estimate of drug-likeness (QED) is 0.147. The van der Waals surface area contributed by atoms with Crippen LogP contribution >= 0.6 is 0 Å². The maximum absolute atomic E-state index is 11.6. The van der Waals surface area contributed by atoms with E-state index in [1.807, 2.05) is 0 Å². The van der Waals surface area contributed by atoms with Crippen LogP contribution in [0, 0.1) is 5.92 Å². The van der Waals surface area contributed by atoms with E-state index in [4.69, 9.17) is 4.74 Å². The molecule has 0 amide bonds. The largest absolute Gasteiger partial charge is 0.466 e. The zero-order valence-corrected chi connectivity index (χ0v) is 19.0. The second-order valence-electron chi connectivity index (χ2n) is 8.81. The van der Waals surface area contributed by atoms with Crippen LogP contribution < -0.4 is 0 Å². The molecule has 162 valence electrons. The number of esters is 1. The number of rotatable bonds is 21. The smallest absolute Gasteiger partial charge is 0.305 e. The highest BCUT2D eigenvalue weighted by Crippen LogP contribution is 2.14. The average Bonchev–Trinajstić information content (AvgIpc) is 2.64. The normalized spacial score (nSPS) is 11.3. The van der Waals surface area contributed by atoms with Gasteiger partial charge in [0.05, 0.1) is 6.61 Å². The van der Waals surface area contributed by atoms with Gasteiger partial charge < -0.3 is 4.74 Å². The Labute approximate surface area is 171 Å². The number of hydrogen-bond donors (Lipinski definition) is 0. The summed E-state index contributed by atoms with van der Waals surface area (Å²) in [5.41, 5.74) is 0. The van der Waals surface area contributed by atoms with E-state index in [1.54, 1.807) is 0 Å². The minimum Gasteiger partial charge on any atom is -0.466 e. The van der Waals surface area contributed by atoms with Gasteiger partial charge >= 0.3 is 5.97 Å². The predicted molar refractivity (Wildman–Crippen MR) is 119 cm³/mol. The standard InChI is InChI=1S/C25H50O2/c1-4-5-6-7-8-9-10-11-12-13-14-15-16-17-18-19-23-27-25(26)22-20-21-24(2)3/h24H,4-23H2,1-3H3. The third-order valence-corrected chi connectivity index (χ3v) is 5.42. The monoisotopic (exact) mass is 382 g/mol. The minimum absolute atomic E-state index is 0.00314. The third kappa shape index (κ3) is 23.4. The van der Waals surface area contributed by atoms with Crippen molar-refractivity contribution in [3.8, 4) is 0 Å². The van der Waals surface area contributed by atoms with Gasteiger partial charge in [-0.05, 0) is 18.8 Å². The molecule has 0 heterocycles. The lowest BCUT2D eigenvalue weighted by molar-refractivity contribution is -0.143. The van der Waals surface area contributed by atoms with E-state index in [0.29, 0.717) is 18.9 Å². The van der Waals surface area contributed by atoms with Crippen LogP contribution in [0.4, 0.5) is 0 Å². The van der Waals surface area contributed by atoms with E-state index in [2.05, 4.69) is 20.8 Å². The summed E-state index contributed by atoms with van der Waals surface area (Å²) in [5.74, 6) is 0.676. The molecule has 0 aromatic rings. The summed E-state index contributed by atoms with van der Waals surface area (Å²) in [6.45, 7) is 7.30. The van der Waals surface area contributed by atoms with Gasteiger partial charge in [-0.25, -0.2) is 0 Å². The maximum Gasteiger partial charge on any atom is 0.305 e. The van der Waals surface area contributed by atoms with Crippen molar-refractivity contribution in [1.29, 1.82) is 0 Å². The lowest BCUT2D eigenvalue weighted by atomic mass is 10.0. The molecule has 0 aliphatic heterocycles. The SMILES string of the molecule is CCCCCCCCCCCCCCCCCCOC(=O)CCCC(C)C. The van der Waals surface area contributed by atoms with Crippen molar-refractivity contribution >= 4 is 5.97 Å². The van der Waals surface area contributed by atoms with Crippen molar-refractivity contribution in [1.82, 2.24) is 0 Å². The lowest BCUT2D eigenvalue weighted by Gasteiger charge is -2.06. The maximum atomic E-state index is 11.6. The fraction of sp³-hybridized carbons (Fsp3) is 0.960. The Bertz CT molecular complexity index is 299. The summed E-state index contributed by atoms with van der Waals surface area (Å²) < 4.78 is 5.30. The highest BCUT2D eigenvalue weighted by Gasteiger charge is 2.03. The van der Waals surface area contributed by atoms with E-state index in [9.17, 15) is 4.79 Å². The first-order chi connectivity index (χ1) is 13.2. The summed E-state index contributed by atoms with van der Waals surface area (Å²) in [6, 6.07) is 0. The van der Waals surface area contributed by atoms with Crippen LogP contribution in [0.3, 0.4) is 0 Å². The van der Waals surface area contributed by atoms with E-state index < -0.39 is 0 Å². The lowest BCUT2D eigenvalue weighted by Crippen LogP contribution is -2.06. The second-order valence-corrected chi connectivity index (χ2v) is 8.81. The van der Waals surface area contributed by atoms with Crippen molar-refractivity contribution in [2.24, 2.45) is 5.92 Å². The fourth-order valence-electron chi connectivity index (χ4n) is 3.56. The molecule has 0 saturated heterocycles. The Balaban J connectivity index is 3.09. The zero-order valence-electron chi connectivity index (χ0n) is 19.0. The van der Waals surface area contributed by atoms with Crippen molar-refractivity contribution < 1.29 is 9.53 Å². The highest BCUT2D eigenvalue weighted by molar-refractivity contribution is 5.69. The molecule has 0 bridgehead atoms. The van der Waals surface area contributed by atoms with Gasteiger partial charge in [0.15, 0.2) is 0 Å². The fourth-order valence-corrected chi connectivity index (χ4v) is 3.56. The first-order valence-corrected chi connectivity index (χ1v) is 12.3. The van der Waals surface area contributed by atoms with Crippen LogP contribution in [0.1, 0.15) is 143 Å². The molecule has 0 N–H and O–H groups in total. The van der Waals surface area contributed by atoms with Gasteiger partial charge in [0, 0.05) is 6.42 Å². The molecule has 2 heteroatoms. The first kappa shape index (κ1) is 26.5. The topological polar surface area (TPSA) is 26.3 Å². The number of ether oxygens (including phenoxy) is 1. The molecule has 0 fully saturated rings. The first-order valence-electron chi connectivity index (χ1n) is 12.3. The van der Waals surface area contributed by atoms with Crippen molar-refractivity contribution in [3.05, 3.63) is 0 Å². The van der Waals surface area contributed by atoms with Crippen molar-refractivity contribution in [2.75, 3.05) is 6.61 Å². The molecule has 0 spiro atoms. The van der Waals surface area contributed by atoms with Crippen molar-refractivity contribution in [2.45, 2.75) is 143 Å². The molecule has 27 heavy (non-hydrogen) atoms. The molecule has 0 atom stereocenters. The van der Waals surface area contributed by atoms with Crippen molar-refractivity contribution in [3.63, 3.8) is 0 Å². The Morgan fingerprint density at radius 3 is 1.44 bits per heavy atom. The van der Waals surface area contributed by atoms with Gasteiger partial charge in [0.1, 0.15) is 0 Å². The Kier molecular flexibility index (Phi) is 21.3. The molecule has 0 aromatic heterocycles. The summed E-state index contributed by atoms with van der Waals surface area (Å²) in [6.07, 6.45) is 24.7. The Hall–Kier alpha value is -0.530. The van der Waals surface area contributed by atoms with Gasteiger partial charge in [-0.1, -0.05) is 124 Å². The summed E-state index contributed by atoms with van der Waals surface area (Å²) in [4.78, 5) is 11.6. The second kappa shape index (κ2) is 21.8. The molecule has 0 unspecified atom stereocenters. The molecule has 0 aliphatic rings. The predicted octanol–water partition coefficient (Wildman–Crippen LogP) is 8.62. The molecule has 0 saturated carbocycles. The van der Waals surface area contributed by atoms with Gasteiger partial charge in [-0.2, -0.15) is 0 Å². The van der Waals surface area contributed by atoms with Gasteiger partial charge in [0.2, 0.25) is 0 Å². The Morgan fingerprint density at radius 2 is 1.04 bits per heavy atom. The summed E-state index contributed by atoms with van der Waals surface area (Å²) >= 11 is 0. The van der Waals surface area contributed by atoms with E-state index in [1.165, 1.54) is 96.3 Å². The molecule has 0 radical (unpaired) electrons. The van der Waals surface area contributed by atoms with E-state index >= 15 is 0 Å². The molecule has 2 nitrogen and oxygen atoms in total. The summed E-state index contributed by atoms with van der Waals surface area (Å²) in [7, 11) is 0. The number of carbonyl (C=O) groups is 1. The van der Waals surface area contributed by atoms with Crippen LogP contribution in [-0.2, 0) is 9.53 Å². The number of hydrogen-bond acceptors (Lipinski definition) is 2. The van der Waals surface area contributed by atoms with Crippen LogP contribution in [0.2, 0.25) is 0 Å². The van der Waals surface area contributed by atoms with Crippen LogP contribution in [0.15, 0.2) is 0 Å². The van der Waals surface area contributed by atoms with Crippen LogP contribution in [0.5, 0.6) is 0 Å². The third-order valence-electron chi connectivity index (χ3n) is 5.42. The van der Waals surface area contributed by atoms with E-state index in [-0.39, 0.29) is 5.97 Å². The number of carbonyl (C=O) groups excluding carboxylic acids is 1. The minimum atomic E-state index is -0.00314. The van der Waals surface area contributed by atoms with Gasteiger partial charge in [-0.3, -0.25) is 4.79 Å². The molecule has 0 rings (SSSR count). The van der Waals surface area contributed by atoms with Crippen LogP contribution in [0.25, 0.3) is 0 Å². The molecule has 0 aromatic carbocycles. The molecule has 0 aliphatic carbocycles. The van der Waals surface area contributed by atoms with Gasteiger partial charge in [0.25, 0.3) is 0 Å². The molecular formula is C25H50O2. The Morgan fingerprint density at radius 1 is 0.630 bits per heavy atom. The zero-order chi connectivity index (χ0) is 20.0. The number of unbranched alkanes of at least 4 members (excludes halogenated alkanes) is 15. The highest BCUT2D eigenvalue weighted by atomic mass is 16.5. The molecular weight excluding hydrogens is 332 g/mol. The average molecular weight is 383 g/mol. The van der Waals surface area contributed by atoms with E-state index in [0.717, 1.165) is 19.3 Å². The summed E-state index contributed by atoms with van der Waals surface area (Å²) in [5, 5.41) is 0. The van der Waals surface area contributed by atoms with Gasteiger partial charge in [-0.15, -0.1) is 0 Å². The van der Waals surface area contributed by atoms with Crippen LogP contribution in [-0.4, -0.2) is 12.6 Å².